The molecule has 0 radical (unpaired) electrons. The summed E-state index contributed by atoms with van der Waals surface area (Å²) in [5.41, 5.74) is 1.43. The van der Waals surface area contributed by atoms with Gasteiger partial charge in [-0.05, 0) is 24.8 Å². The van der Waals surface area contributed by atoms with Gasteiger partial charge in [0.25, 0.3) is 0 Å². The van der Waals surface area contributed by atoms with Crippen molar-refractivity contribution in [3.8, 4) is 0 Å². The van der Waals surface area contributed by atoms with E-state index in [4.69, 9.17) is 0 Å². The second-order valence-electron chi connectivity index (χ2n) is 2.90. The molecule has 1 aromatic rings. The largest absolute Gasteiger partial charge is 0.412 e. The summed E-state index contributed by atoms with van der Waals surface area (Å²) >= 11 is 0. The molecule has 0 amide bonds. The van der Waals surface area contributed by atoms with Gasteiger partial charge in [0.1, 0.15) is 0 Å². The summed E-state index contributed by atoms with van der Waals surface area (Å²) in [5, 5.41) is 0. The summed E-state index contributed by atoms with van der Waals surface area (Å²) in [6.45, 7) is 2.17. The number of allylic oxidation sites excluding steroid dienone is 2. The molecule has 0 unspecified atom stereocenters. The van der Waals surface area contributed by atoms with Crippen molar-refractivity contribution in [2.75, 3.05) is 0 Å². The van der Waals surface area contributed by atoms with Gasteiger partial charge in [0.05, 0.1) is 0 Å². The van der Waals surface area contributed by atoms with Gasteiger partial charge < -0.3 is 5.48 Å². The average Bonchev–Trinajstić information content (AvgIpc) is 2.14. The highest BCUT2D eigenvalue weighted by atomic mass is 16.0. The first kappa shape index (κ1) is 11.9. The molecule has 0 aromatic heterocycles. The molecule has 1 nitrogen and oxygen atoms in total. The zero-order chi connectivity index (χ0) is 8.65. The molecule has 0 aliphatic heterocycles. The fraction of sp³-hybridized carbons (Fsp3) is 0.333. The van der Waals surface area contributed by atoms with Crippen molar-refractivity contribution in [3.05, 3.63) is 48.0 Å². The van der Waals surface area contributed by atoms with E-state index in [1.165, 1.54) is 5.56 Å². The standard InChI is InChI=1S/C12H16.H2O/c1-2-3-4-6-9-12-10-7-5-8-11-12;/h3-5,7-8,10-11H,2,6,9H2,1H3;1H2. The Bertz CT molecular complexity index is 226. The van der Waals surface area contributed by atoms with Crippen molar-refractivity contribution in [3.63, 3.8) is 0 Å². The summed E-state index contributed by atoms with van der Waals surface area (Å²) in [6, 6.07) is 10.6. The van der Waals surface area contributed by atoms with Gasteiger partial charge in [0, 0.05) is 0 Å². The molecule has 0 heterocycles. The van der Waals surface area contributed by atoms with Crippen molar-refractivity contribution < 1.29 is 5.48 Å². The topological polar surface area (TPSA) is 31.5 Å². The first-order valence-corrected chi connectivity index (χ1v) is 4.62. The van der Waals surface area contributed by atoms with E-state index in [1.807, 2.05) is 0 Å². The molecular formula is C12H18O. The Balaban J connectivity index is 0.00000144. The molecule has 1 rings (SSSR count). The van der Waals surface area contributed by atoms with Crippen molar-refractivity contribution >= 4 is 0 Å². The molecule has 0 spiro atoms. The van der Waals surface area contributed by atoms with Crippen molar-refractivity contribution in [1.82, 2.24) is 0 Å². The average molecular weight is 178 g/mol. The smallest absolute Gasteiger partial charge is 0.0244 e. The molecule has 72 valence electrons. The van der Waals surface area contributed by atoms with Crippen LogP contribution in [0.15, 0.2) is 42.5 Å². The van der Waals surface area contributed by atoms with E-state index in [9.17, 15) is 0 Å². The number of hydrogen-bond acceptors (Lipinski definition) is 0. The zero-order valence-corrected chi connectivity index (χ0v) is 8.16. The Morgan fingerprint density at radius 1 is 1.08 bits per heavy atom. The van der Waals surface area contributed by atoms with Crippen LogP contribution in [-0.4, -0.2) is 5.48 Å². The second kappa shape index (κ2) is 7.56. The van der Waals surface area contributed by atoms with Crippen LogP contribution in [0.2, 0.25) is 0 Å². The van der Waals surface area contributed by atoms with Crippen molar-refractivity contribution in [1.29, 1.82) is 0 Å². The maximum Gasteiger partial charge on any atom is -0.0244 e. The highest BCUT2D eigenvalue weighted by Gasteiger charge is 1.86. The van der Waals surface area contributed by atoms with Crippen LogP contribution in [0.5, 0.6) is 0 Å². The van der Waals surface area contributed by atoms with E-state index in [0.717, 1.165) is 19.3 Å². The summed E-state index contributed by atoms with van der Waals surface area (Å²) < 4.78 is 0. The Hall–Kier alpha value is -1.08. The summed E-state index contributed by atoms with van der Waals surface area (Å²) in [4.78, 5) is 0. The van der Waals surface area contributed by atoms with Crippen LogP contribution < -0.4 is 0 Å². The lowest BCUT2D eigenvalue weighted by atomic mass is 10.1. The minimum absolute atomic E-state index is 0. The van der Waals surface area contributed by atoms with E-state index < -0.39 is 0 Å². The fourth-order valence-electron chi connectivity index (χ4n) is 1.18. The quantitative estimate of drug-likeness (QED) is 0.635. The van der Waals surface area contributed by atoms with Crippen molar-refractivity contribution in [2.24, 2.45) is 0 Å². The van der Waals surface area contributed by atoms with Crippen molar-refractivity contribution in [2.45, 2.75) is 26.2 Å². The number of hydrogen-bond donors (Lipinski definition) is 0. The third-order valence-electron chi connectivity index (χ3n) is 1.84. The molecule has 0 aliphatic rings. The SMILES string of the molecule is CCC=CCCc1ccccc1.O. The normalized spacial score (nSPS) is 9.92. The molecule has 13 heavy (non-hydrogen) atoms. The van der Waals surface area contributed by atoms with E-state index in [-0.39, 0.29) is 5.48 Å². The molecule has 0 fully saturated rings. The maximum atomic E-state index is 2.26. The third-order valence-corrected chi connectivity index (χ3v) is 1.84. The van der Waals surface area contributed by atoms with Gasteiger partial charge in [-0.3, -0.25) is 0 Å². The highest BCUT2D eigenvalue weighted by Crippen LogP contribution is 2.02. The van der Waals surface area contributed by atoms with Gasteiger partial charge in [0.2, 0.25) is 0 Å². The van der Waals surface area contributed by atoms with Crippen LogP contribution in [0.25, 0.3) is 0 Å². The van der Waals surface area contributed by atoms with Gasteiger partial charge in [-0.25, -0.2) is 0 Å². The van der Waals surface area contributed by atoms with Gasteiger partial charge in [-0.2, -0.15) is 0 Å². The minimum Gasteiger partial charge on any atom is -0.412 e. The molecule has 0 aliphatic carbocycles. The molecule has 0 saturated carbocycles. The number of aryl methyl sites for hydroxylation is 1. The van der Waals surface area contributed by atoms with Gasteiger partial charge in [-0.1, -0.05) is 49.4 Å². The van der Waals surface area contributed by atoms with Crippen LogP contribution >= 0.6 is 0 Å². The lowest BCUT2D eigenvalue weighted by molar-refractivity contribution is 0.824. The molecule has 1 aromatic carbocycles. The molecule has 1 heteroatoms. The van der Waals surface area contributed by atoms with E-state index in [0.29, 0.717) is 0 Å². The first-order chi connectivity index (χ1) is 5.93. The molecule has 0 atom stereocenters. The summed E-state index contributed by atoms with van der Waals surface area (Å²) in [5.74, 6) is 0. The highest BCUT2D eigenvalue weighted by molar-refractivity contribution is 5.15. The van der Waals surface area contributed by atoms with Crippen LogP contribution in [0.1, 0.15) is 25.3 Å². The molecule has 0 bridgehead atoms. The first-order valence-electron chi connectivity index (χ1n) is 4.62. The predicted molar refractivity (Wildman–Crippen MR) is 57.8 cm³/mol. The molecular weight excluding hydrogens is 160 g/mol. The van der Waals surface area contributed by atoms with Crippen LogP contribution in [0.3, 0.4) is 0 Å². The Morgan fingerprint density at radius 2 is 1.77 bits per heavy atom. The van der Waals surface area contributed by atoms with Gasteiger partial charge in [-0.15, -0.1) is 0 Å². The van der Waals surface area contributed by atoms with E-state index in [1.54, 1.807) is 0 Å². The lowest BCUT2D eigenvalue weighted by Gasteiger charge is -1.95. The Labute approximate surface area is 80.4 Å². The summed E-state index contributed by atoms with van der Waals surface area (Å²) in [7, 11) is 0. The Morgan fingerprint density at radius 3 is 2.38 bits per heavy atom. The van der Waals surface area contributed by atoms with E-state index >= 15 is 0 Å². The fourth-order valence-corrected chi connectivity index (χ4v) is 1.18. The monoisotopic (exact) mass is 178 g/mol. The number of benzene rings is 1. The zero-order valence-electron chi connectivity index (χ0n) is 8.16. The summed E-state index contributed by atoms with van der Waals surface area (Å²) in [6.07, 6.45) is 7.96. The van der Waals surface area contributed by atoms with Crippen LogP contribution in [-0.2, 0) is 6.42 Å². The van der Waals surface area contributed by atoms with Crippen LogP contribution in [0, 0.1) is 0 Å². The van der Waals surface area contributed by atoms with Gasteiger partial charge in [0.15, 0.2) is 0 Å². The van der Waals surface area contributed by atoms with Crippen LogP contribution in [0.4, 0.5) is 0 Å². The third kappa shape index (κ3) is 5.21. The van der Waals surface area contributed by atoms with Gasteiger partial charge >= 0.3 is 0 Å². The second-order valence-corrected chi connectivity index (χ2v) is 2.90. The lowest BCUT2D eigenvalue weighted by Crippen LogP contribution is -1.80. The minimum atomic E-state index is 0. The van der Waals surface area contributed by atoms with E-state index in [2.05, 4.69) is 49.4 Å². The molecule has 2 N–H and O–H groups in total. The predicted octanol–water partition coefficient (Wildman–Crippen LogP) is 2.76. The molecule has 0 saturated heterocycles. The maximum absolute atomic E-state index is 2.26. The Kier molecular flexibility index (Phi) is 6.93. The number of rotatable bonds is 4.